The highest BCUT2D eigenvalue weighted by Crippen LogP contribution is 2.30. The van der Waals surface area contributed by atoms with E-state index in [0.717, 1.165) is 32.9 Å². The molecule has 0 saturated heterocycles. The van der Waals surface area contributed by atoms with Crippen LogP contribution in [0.25, 0.3) is 0 Å². The van der Waals surface area contributed by atoms with Crippen molar-refractivity contribution < 1.29 is 9.47 Å². The molecule has 1 atom stereocenters. The van der Waals surface area contributed by atoms with Gasteiger partial charge in [0.15, 0.2) is 0 Å². The molecule has 1 unspecified atom stereocenters. The number of ether oxygens (including phenoxy) is 2. The third kappa shape index (κ3) is 3.39. The zero-order chi connectivity index (χ0) is 15.6. The number of nitrogens with zero attached hydrogens (tertiary/aromatic N) is 2. The molecule has 0 amide bonds. The van der Waals surface area contributed by atoms with Crippen LogP contribution in [0, 0.1) is 6.92 Å². The van der Waals surface area contributed by atoms with Gasteiger partial charge in [0.05, 0.1) is 23.0 Å². The fourth-order valence-electron chi connectivity index (χ4n) is 2.13. The fourth-order valence-corrected chi connectivity index (χ4v) is 2.58. The summed E-state index contributed by atoms with van der Waals surface area (Å²) in [6, 6.07) is 5.57. The summed E-state index contributed by atoms with van der Waals surface area (Å²) in [5, 5.41) is 4.35. The van der Waals surface area contributed by atoms with Crippen molar-refractivity contribution in [1.29, 1.82) is 0 Å². The van der Waals surface area contributed by atoms with E-state index in [2.05, 4.69) is 21.0 Å². The number of aromatic nitrogens is 2. The van der Waals surface area contributed by atoms with Crippen LogP contribution in [0.5, 0.6) is 11.5 Å². The van der Waals surface area contributed by atoms with Crippen molar-refractivity contribution in [1.82, 2.24) is 9.78 Å². The van der Waals surface area contributed by atoms with Crippen LogP contribution in [0.15, 0.2) is 22.7 Å². The molecule has 0 radical (unpaired) electrons. The van der Waals surface area contributed by atoms with Crippen LogP contribution < -0.4 is 15.2 Å². The highest BCUT2D eigenvalue weighted by Gasteiger charge is 2.14. The van der Waals surface area contributed by atoms with Crippen molar-refractivity contribution in [3.63, 3.8) is 0 Å². The van der Waals surface area contributed by atoms with Crippen LogP contribution in [-0.4, -0.2) is 16.9 Å². The van der Waals surface area contributed by atoms with E-state index < -0.39 is 0 Å². The first-order valence-corrected chi connectivity index (χ1v) is 7.47. The maximum absolute atomic E-state index is 5.99. The van der Waals surface area contributed by atoms with Crippen molar-refractivity contribution in [2.24, 2.45) is 12.8 Å². The van der Waals surface area contributed by atoms with Gasteiger partial charge in [-0.05, 0) is 35.8 Å². The highest BCUT2D eigenvalue weighted by atomic mass is 79.9. The lowest BCUT2D eigenvalue weighted by Crippen LogP contribution is -2.09. The monoisotopic (exact) mass is 353 g/mol. The van der Waals surface area contributed by atoms with Gasteiger partial charge >= 0.3 is 0 Å². The Kier molecular flexibility index (Phi) is 4.90. The lowest BCUT2D eigenvalue weighted by atomic mass is 10.1. The minimum absolute atomic E-state index is 0.109. The molecule has 2 N–H and O–H groups in total. The van der Waals surface area contributed by atoms with Crippen LogP contribution >= 0.6 is 15.9 Å². The first kappa shape index (κ1) is 15.9. The van der Waals surface area contributed by atoms with E-state index in [-0.39, 0.29) is 6.04 Å². The third-order valence-electron chi connectivity index (χ3n) is 3.34. The first-order chi connectivity index (χ1) is 9.93. The predicted molar refractivity (Wildman–Crippen MR) is 85.6 cm³/mol. The minimum Gasteiger partial charge on any atom is -0.497 e. The Hall–Kier alpha value is -1.53. The van der Waals surface area contributed by atoms with Gasteiger partial charge in [0.1, 0.15) is 18.1 Å². The number of nitrogens with two attached hydrogens (primary N) is 1. The summed E-state index contributed by atoms with van der Waals surface area (Å²) in [6.07, 6.45) is 0. The van der Waals surface area contributed by atoms with E-state index >= 15 is 0 Å². The van der Waals surface area contributed by atoms with Crippen LogP contribution in [0.2, 0.25) is 0 Å². The van der Waals surface area contributed by atoms with Crippen LogP contribution in [0.3, 0.4) is 0 Å². The van der Waals surface area contributed by atoms with E-state index in [1.54, 1.807) is 7.11 Å². The Bertz CT molecular complexity index is 638. The van der Waals surface area contributed by atoms with Gasteiger partial charge in [-0.15, -0.1) is 0 Å². The largest absolute Gasteiger partial charge is 0.497 e. The highest BCUT2D eigenvalue weighted by molar-refractivity contribution is 9.10. The zero-order valence-electron chi connectivity index (χ0n) is 12.7. The topological polar surface area (TPSA) is 62.3 Å². The second-order valence-corrected chi connectivity index (χ2v) is 5.74. The molecule has 21 heavy (non-hydrogen) atoms. The fraction of sp³-hybridized carbons (Fsp3) is 0.400. The van der Waals surface area contributed by atoms with E-state index in [1.807, 2.05) is 43.8 Å². The molecular weight excluding hydrogens is 334 g/mol. The second kappa shape index (κ2) is 6.49. The minimum atomic E-state index is -0.109. The maximum Gasteiger partial charge on any atom is 0.131 e. The Balaban J connectivity index is 2.26. The third-order valence-corrected chi connectivity index (χ3v) is 4.37. The zero-order valence-corrected chi connectivity index (χ0v) is 14.3. The van der Waals surface area contributed by atoms with Gasteiger partial charge in [-0.3, -0.25) is 4.68 Å². The van der Waals surface area contributed by atoms with Gasteiger partial charge in [-0.25, -0.2) is 0 Å². The van der Waals surface area contributed by atoms with Gasteiger partial charge in [0.2, 0.25) is 0 Å². The molecule has 6 heteroatoms. The molecule has 1 aromatic heterocycles. The number of hydrogen-bond donors (Lipinski definition) is 1. The van der Waals surface area contributed by atoms with Gasteiger partial charge in [-0.1, -0.05) is 6.07 Å². The van der Waals surface area contributed by atoms with Crippen LogP contribution in [-0.2, 0) is 13.7 Å². The smallest absolute Gasteiger partial charge is 0.131 e. The van der Waals surface area contributed by atoms with Gasteiger partial charge in [-0.2, -0.15) is 5.10 Å². The number of aryl methyl sites for hydroxylation is 2. The van der Waals surface area contributed by atoms with Crippen molar-refractivity contribution in [3.05, 3.63) is 39.6 Å². The van der Waals surface area contributed by atoms with Crippen LogP contribution in [0.1, 0.15) is 29.9 Å². The SMILES string of the molecule is COc1ccc(C(C)N)c(OCc2c(Br)c(C)nn2C)c1. The Morgan fingerprint density at radius 3 is 2.67 bits per heavy atom. The van der Waals surface area contributed by atoms with Gasteiger partial charge < -0.3 is 15.2 Å². The first-order valence-electron chi connectivity index (χ1n) is 6.68. The average molecular weight is 354 g/mol. The molecule has 0 saturated carbocycles. The molecule has 1 aromatic carbocycles. The molecule has 114 valence electrons. The number of benzene rings is 1. The van der Waals surface area contributed by atoms with Gasteiger partial charge in [0.25, 0.3) is 0 Å². The summed E-state index contributed by atoms with van der Waals surface area (Å²) >= 11 is 3.54. The Labute approximate surface area is 133 Å². The van der Waals surface area contributed by atoms with E-state index in [4.69, 9.17) is 15.2 Å². The molecule has 0 aliphatic carbocycles. The van der Waals surface area contributed by atoms with Crippen molar-refractivity contribution >= 4 is 15.9 Å². The predicted octanol–water partition coefficient (Wildman–Crippen LogP) is 3.10. The number of rotatable bonds is 5. The Morgan fingerprint density at radius 1 is 1.43 bits per heavy atom. The summed E-state index contributed by atoms with van der Waals surface area (Å²) < 4.78 is 14.0. The lowest BCUT2D eigenvalue weighted by molar-refractivity contribution is 0.287. The standard InChI is InChI=1S/C15H20BrN3O2/c1-9(17)12-6-5-11(20-4)7-14(12)21-8-13-15(16)10(2)18-19(13)3/h5-7,9H,8,17H2,1-4H3. The summed E-state index contributed by atoms with van der Waals surface area (Å²) in [6.45, 7) is 4.29. The second-order valence-electron chi connectivity index (χ2n) is 4.95. The van der Waals surface area contributed by atoms with E-state index in [1.165, 1.54) is 0 Å². The van der Waals surface area contributed by atoms with Gasteiger partial charge in [0, 0.05) is 24.7 Å². The quantitative estimate of drug-likeness (QED) is 0.896. The van der Waals surface area contributed by atoms with E-state index in [9.17, 15) is 0 Å². The molecule has 5 nitrogen and oxygen atoms in total. The lowest BCUT2D eigenvalue weighted by Gasteiger charge is -2.15. The summed E-state index contributed by atoms with van der Waals surface area (Å²) in [7, 11) is 3.53. The molecule has 2 aromatic rings. The molecule has 0 spiro atoms. The molecule has 0 fully saturated rings. The number of halogens is 1. The van der Waals surface area contributed by atoms with Crippen LogP contribution in [0.4, 0.5) is 0 Å². The average Bonchev–Trinajstić information content (AvgIpc) is 2.69. The molecular formula is C15H20BrN3O2. The number of hydrogen-bond acceptors (Lipinski definition) is 4. The van der Waals surface area contributed by atoms with E-state index in [0.29, 0.717) is 6.61 Å². The summed E-state index contributed by atoms with van der Waals surface area (Å²) in [4.78, 5) is 0. The molecule has 0 bridgehead atoms. The maximum atomic E-state index is 5.99. The molecule has 1 heterocycles. The molecule has 0 aliphatic rings. The van der Waals surface area contributed by atoms with Crippen molar-refractivity contribution in [2.45, 2.75) is 26.5 Å². The molecule has 0 aliphatic heterocycles. The summed E-state index contributed by atoms with van der Waals surface area (Å²) in [5.74, 6) is 1.48. The Morgan fingerprint density at radius 2 is 2.14 bits per heavy atom. The van der Waals surface area contributed by atoms with Crippen molar-refractivity contribution in [2.75, 3.05) is 7.11 Å². The summed E-state index contributed by atoms with van der Waals surface area (Å²) in [5.41, 5.74) is 8.86. The van der Waals surface area contributed by atoms with Crippen molar-refractivity contribution in [3.8, 4) is 11.5 Å². The number of methoxy groups -OCH3 is 1. The molecule has 2 rings (SSSR count). The normalized spacial score (nSPS) is 12.3.